The Bertz CT molecular complexity index is 157. The largest absolute Gasteiger partial charge is 0.386 e. The van der Waals surface area contributed by atoms with E-state index in [1.54, 1.807) is 13.8 Å². The molecule has 0 amide bonds. The fourth-order valence-corrected chi connectivity index (χ4v) is 0.981. The van der Waals surface area contributed by atoms with E-state index in [0.717, 1.165) is 0 Å². The van der Waals surface area contributed by atoms with Crippen LogP contribution in [0.4, 0.5) is 0 Å². The number of aliphatic hydroxyl groups excluding tert-OH is 2. The molecule has 5 heteroatoms. The average Bonchev–Trinajstić information content (AvgIpc) is 1.85. The Balaban J connectivity index is 4.40. The van der Waals surface area contributed by atoms with Gasteiger partial charge >= 0.3 is 0 Å². The predicted octanol–water partition coefficient (Wildman–Crippen LogP) is 0.0294. The van der Waals surface area contributed by atoms with E-state index >= 15 is 0 Å². The summed E-state index contributed by atoms with van der Waals surface area (Å²) in [6.45, 7) is 4.64. The lowest BCUT2D eigenvalue weighted by molar-refractivity contribution is -0.547. The number of nitrogens with zero attached hydrogens (tertiary/aromatic N) is 1. The van der Waals surface area contributed by atoms with Crippen molar-refractivity contribution >= 4 is 0 Å². The van der Waals surface area contributed by atoms with Crippen LogP contribution in [0.3, 0.4) is 0 Å². The molecule has 2 N–H and O–H groups in total. The molecule has 3 atom stereocenters. The molecule has 0 aromatic rings. The van der Waals surface area contributed by atoms with Crippen molar-refractivity contribution in [1.82, 2.24) is 0 Å². The molecule has 3 unspecified atom stereocenters. The second kappa shape index (κ2) is 4.37. The van der Waals surface area contributed by atoms with Gasteiger partial charge in [-0.1, -0.05) is 13.8 Å². The first-order chi connectivity index (χ1) is 5.37. The van der Waals surface area contributed by atoms with E-state index in [4.69, 9.17) is 5.11 Å². The van der Waals surface area contributed by atoms with Gasteiger partial charge in [0.15, 0.2) is 0 Å². The maximum absolute atomic E-state index is 10.4. The highest BCUT2D eigenvalue weighted by Crippen LogP contribution is 2.12. The quantitative estimate of drug-likeness (QED) is 0.468. The fraction of sp³-hybridized carbons (Fsp3) is 1.00. The third-order valence-electron chi connectivity index (χ3n) is 1.77. The molecule has 0 heterocycles. The molecule has 0 bridgehead atoms. The summed E-state index contributed by atoms with van der Waals surface area (Å²) in [6, 6.07) is -1.29. The van der Waals surface area contributed by atoms with Crippen molar-refractivity contribution in [2.45, 2.75) is 39.0 Å². The summed E-state index contributed by atoms with van der Waals surface area (Å²) in [5.74, 6) is -0.227. The third-order valence-corrected chi connectivity index (χ3v) is 1.77. The molecular weight excluding hydrogens is 162 g/mol. The molecule has 0 fully saturated rings. The molecule has 0 rings (SSSR count). The Kier molecular flexibility index (Phi) is 4.12. The first-order valence-corrected chi connectivity index (χ1v) is 3.87. The molecule has 0 aromatic heterocycles. The van der Waals surface area contributed by atoms with E-state index < -0.39 is 23.2 Å². The summed E-state index contributed by atoms with van der Waals surface area (Å²) in [6.07, 6.45) is -2.22. The highest BCUT2D eigenvalue weighted by atomic mass is 16.6. The van der Waals surface area contributed by atoms with Crippen LogP contribution in [0.2, 0.25) is 0 Å². The number of nitro groups is 1. The second-order valence-corrected chi connectivity index (χ2v) is 3.25. The summed E-state index contributed by atoms with van der Waals surface area (Å²) < 4.78 is 0. The summed E-state index contributed by atoms with van der Waals surface area (Å²) in [4.78, 5) is 9.73. The van der Waals surface area contributed by atoms with Crippen LogP contribution in [0, 0.1) is 16.0 Å². The molecule has 0 radical (unpaired) electrons. The topological polar surface area (TPSA) is 83.6 Å². The second-order valence-electron chi connectivity index (χ2n) is 3.25. The van der Waals surface area contributed by atoms with Crippen LogP contribution in [0.15, 0.2) is 0 Å². The van der Waals surface area contributed by atoms with Crippen molar-refractivity contribution in [3.8, 4) is 0 Å². The van der Waals surface area contributed by atoms with Crippen LogP contribution >= 0.6 is 0 Å². The van der Waals surface area contributed by atoms with Crippen molar-refractivity contribution in [3.05, 3.63) is 10.1 Å². The van der Waals surface area contributed by atoms with Gasteiger partial charge in [-0.05, 0) is 12.8 Å². The van der Waals surface area contributed by atoms with Crippen molar-refractivity contribution in [2.75, 3.05) is 0 Å². The zero-order chi connectivity index (χ0) is 9.89. The molecule has 72 valence electrons. The molecular formula is C7H15NO4. The molecule has 0 saturated heterocycles. The Morgan fingerprint density at radius 1 is 1.25 bits per heavy atom. The van der Waals surface area contributed by atoms with Crippen LogP contribution in [-0.4, -0.2) is 33.4 Å². The molecule has 0 aliphatic heterocycles. The molecule has 0 aromatic carbocycles. The van der Waals surface area contributed by atoms with Gasteiger partial charge in [-0.2, -0.15) is 0 Å². The SMILES string of the molecule is CC(C)C(O)C(C(C)O)[N+](=O)[O-]. The Morgan fingerprint density at radius 2 is 1.67 bits per heavy atom. The van der Waals surface area contributed by atoms with E-state index in [1.807, 2.05) is 0 Å². The summed E-state index contributed by atoms with van der Waals surface area (Å²) in [5, 5.41) is 28.7. The summed E-state index contributed by atoms with van der Waals surface area (Å²) >= 11 is 0. The van der Waals surface area contributed by atoms with Gasteiger partial charge in [-0.25, -0.2) is 0 Å². The van der Waals surface area contributed by atoms with Gasteiger partial charge in [0.05, 0.1) is 0 Å². The van der Waals surface area contributed by atoms with E-state index in [1.165, 1.54) is 6.92 Å². The highest BCUT2D eigenvalue weighted by molar-refractivity contribution is 4.75. The first kappa shape index (κ1) is 11.3. The molecule has 0 spiro atoms. The Hall–Kier alpha value is -0.680. The zero-order valence-electron chi connectivity index (χ0n) is 7.47. The van der Waals surface area contributed by atoms with Crippen molar-refractivity contribution < 1.29 is 15.1 Å². The molecule has 0 aliphatic rings. The zero-order valence-corrected chi connectivity index (χ0v) is 7.47. The van der Waals surface area contributed by atoms with Gasteiger partial charge in [0.25, 0.3) is 6.04 Å². The van der Waals surface area contributed by atoms with Crippen molar-refractivity contribution in [2.24, 2.45) is 5.92 Å². The van der Waals surface area contributed by atoms with Crippen molar-refractivity contribution in [1.29, 1.82) is 0 Å². The molecule has 5 nitrogen and oxygen atoms in total. The number of rotatable bonds is 4. The molecule has 0 aliphatic carbocycles. The highest BCUT2D eigenvalue weighted by Gasteiger charge is 2.36. The number of hydrogen-bond donors (Lipinski definition) is 2. The van der Waals surface area contributed by atoms with Gasteiger partial charge < -0.3 is 10.2 Å². The van der Waals surface area contributed by atoms with Gasteiger partial charge in [0.2, 0.25) is 0 Å². The average molecular weight is 177 g/mol. The lowest BCUT2D eigenvalue weighted by Crippen LogP contribution is -2.44. The fourth-order valence-electron chi connectivity index (χ4n) is 0.981. The van der Waals surface area contributed by atoms with E-state index in [0.29, 0.717) is 0 Å². The number of aliphatic hydroxyl groups is 2. The van der Waals surface area contributed by atoms with Crippen LogP contribution in [-0.2, 0) is 0 Å². The smallest absolute Gasteiger partial charge is 0.263 e. The van der Waals surface area contributed by atoms with Crippen LogP contribution < -0.4 is 0 Å². The van der Waals surface area contributed by atoms with Gasteiger partial charge in [-0.15, -0.1) is 0 Å². The minimum absolute atomic E-state index is 0.227. The van der Waals surface area contributed by atoms with E-state index in [-0.39, 0.29) is 5.92 Å². The van der Waals surface area contributed by atoms with Crippen molar-refractivity contribution in [3.63, 3.8) is 0 Å². The van der Waals surface area contributed by atoms with Crippen LogP contribution in [0.1, 0.15) is 20.8 Å². The monoisotopic (exact) mass is 177 g/mol. The van der Waals surface area contributed by atoms with E-state index in [2.05, 4.69) is 0 Å². The maximum atomic E-state index is 10.4. The van der Waals surface area contributed by atoms with Crippen LogP contribution in [0.25, 0.3) is 0 Å². The molecule has 12 heavy (non-hydrogen) atoms. The lowest BCUT2D eigenvalue weighted by Gasteiger charge is -2.20. The molecule has 0 saturated carbocycles. The number of hydrogen-bond acceptors (Lipinski definition) is 4. The minimum Gasteiger partial charge on any atom is -0.386 e. The third kappa shape index (κ3) is 2.75. The van der Waals surface area contributed by atoms with E-state index in [9.17, 15) is 15.2 Å². The Morgan fingerprint density at radius 3 is 1.75 bits per heavy atom. The Labute approximate surface area is 71.2 Å². The van der Waals surface area contributed by atoms with Gasteiger partial charge in [-0.3, -0.25) is 10.1 Å². The first-order valence-electron chi connectivity index (χ1n) is 3.87. The summed E-state index contributed by atoms with van der Waals surface area (Å²) in [7, 11) is 0. The van der Waals surface area contributed by atoms with Gasteiger partial charge in [0.1, 0.15) is 12.2 Å². The lowest BCUT2D eigenvalue weighted by atomic mass is 9.97. The predicted molar refractivity (Wildman–Crippen MR) is 43.3 cm³/mol. The maximum Gasteiger partial charge on any atom is 0.263 e. The van der Waals surface area contributed by atoms with Crippen LogP contribution in [0.5, 0.6) is 0 Å². The summed E-state index contributed by atoms with van der Waals surface area (Å²) in [5.41, 5.74) is 0. The normalized spacial score (nSPS) is 18.8. The standard InChI is InChI=1S/C7H15NO4/c1-4(2)7(10)6(5(3)9)8(11)12/h4-7,9-10H,1-3H3. The van der Waals surface area contributed by atoms with Gasteiger partial charge in [0, 0.05) is 4.92 Å². The minimum atomic E-state index is -1.29.